The number of hydrogen-bond acceptors (Lipinski definition) is 5. The minimum atomic E-state index is -0.441. The number of hydrogen-bond donors (Lipinski definition) is 2. The standard InChI is InChI=1S/C16H14ClIN2O4/c1-23-14-6-9(5-12(18)15(14)24-2)8-19-20-16(22)10-3-4-13(21)11(17)7-10/h3-8,21H,1-2H3,(H,20,22). The molecule has 2 aromatic carbocycles. The fourth-order valence-corrected chi connectivity index (χ4v) is 2.92. The van der Waals surface area contributed by atoms with E-state index in [-0.39, 0.29) is 16.3 Å². The first-order chi connectivity index (χ1) is 11.5. The molecule has 0 heterocycles. The lowest BCUT2D eigenvalue weighted by Crippen LogP contribution is -2.17. The van der Waals surface area contributed by atoms with Crippen molar-refractivity contribution >= 4 is 46.3 Å². The highest BCUT2D eigenvalue weighted by Gasteiger charge is 2.10. The molecule has 0 fully saturated rings. The summed E-state index contributed by atoms with van der Waals surface area (Å²) in [5.74, 6) is 0.681. The van der Waals surface area contributed by atoms with Crippen molar-refractivity contribution in [2.45, 2.75) is 0 Å². The number of nitrogens with zero attached hydrogens (tertiary/aromatic N) is 1. The van der Waals surface area contributed by atoms with Crippen molar-refractivity contribution in [2.75, 3.05) is 14.2 Å². The second-order valence-electron chi connectivity index (χ2n) is 4.60. The van der Waals surface area contributed by atoms with Crippen LogP contribution in [-0.2, 0) is 0 Å². The topological polar surface area (TPSA) is 80.2 Å². The number of ether oxygens (including phenoxy) is 2. The minimum Gasteiger partial charge on any atom is -0.506 e. The number of benzene rings is 2. The summed E-state index contributed by atoms with van der Waals surface area (Å²) in [5.41, 5.74) is 3.42. The summed E-state index contributed by atoms with van der Waals surface area (Å²) >= 11 is 7.90. The van der Waals surface area contributed by atoms with Gasteiger partial charge in [0, 0.05) is 5.56 Å². The first kappa shape index (κ1) is 18.3. The molecule has 2 N–H and O–H groups in total. The highest BCUT2D eigenvalue weighted by molar-refractivity contribution is 14.1. The lowest BCUT2D eigenvalue weighted by molar-refractivity contribution is 0.0955. The number of carbonyl (C=O) groups excluding carboxylic acids is 1. The number of amides is 1. The molecule has 0 saturated carbocycles. The summed E-state index contributed by atoms with van der Waals surface area (Å²) in [4.78, 5) is 12.0. The Morgan fingerprint density at radius 2 is 2.04 bits per heavy atom. The molecule has 0 unspecified atom stereocenters. The van der Waals surface area contributed by atoms with Crippen molar-refractivity contribution in [1.82, 2.24) is 5.43 Å². The van der Waals surface area contributed by atoms with Gasteiger partial charge in [0.1, 0.15) is 5.75 Å². The number of phenols is 1. The van der Waals surface area contributed by atoms with Crippen molar-refractivity contribution in [2.24, 2.45) is 5.10 Å². The van der Waals surface area contributed by atoms with Gasteiger partial charge in [0.2, 0.25) is 0 Å². The smallest absolute Gasteiger partial charge is 0.271 e. The summed E-state index contributed by atoms with van der Waals surface area (Å²) in [7, 11) is 3.11. The second-order valence-corrected chi connectivity index (χ2v) is 6.17. The molecule has 0 atom stereocenters. The zero-order valence-corrected chi connectivity index (χ0v) is 15.8. The molecule has 0 aliphatic heterocycles. The highest BCUT2D eigenvalue weighted by atomic mass is 127. The van der Waals surface area contributed by atoms with Crippen molar-refractivity contribution in [3.05, 3.63) is 50.1 Å². The molecule has 0 saturated heterocycles. The first-order valence-electron chi connectivity index (χ1n) is 6.69. The number of aromatic hydroxyl groups is 1. The Morgan fingerprint density at radius 3 is 2.67 bits per heavy atom. The van der Waals surface area contributed by atoms with Gasteiger partial charge in [-0.05, 0) is 58.5 Å². The van der Waals surface area contributed by atoms with Crippen LogP contribution in [0.1, 0.15) is 15.9 Å². The summed E-state index contributed by atoms with van der Waals surface area (Å²) in [6, 6.07) is 7.74. The molecule has 24 heavy (non-hydrogen) atoms. The Bertz CT molecular complexity index is 796. The van der Waals surface area contributed by atoms with E-state index in [1.807, 2.05) is 6.07 Å². The van der Waals surface area contributed by atoms with Crippen LogP contribution in [-0.4, -0.2) is 31.4 Å². The van der Waals surface area contributed by atoms with Crippen LogP contribution in [0.25, 0.3) is 0 Å². The van der Waals surface area contributed by atoms with E-state index in [9.17, 15) is 9.90 Å². The monoisotopic (exact) mass is 460 g/mol. The molecule has 1 amide bonds. The number of halogens is 2. The molecule has 0 radical (unpaired) electrons. The van der Waals surface area contributed by atoms with Gasteiger partial charge in [-0.15, -0.1) is 0 Å². The average molecular weight is 461 g/mol. The van der Waals surface area contributed by atoms with E-state index in [0.717, 1.165) is 9.13 Å². The molecule has 0 spiro atoms. The van der Waals surface area contributed by atoms with Gasteiger partial charge in [0.05, 0.1) is 29.0 Å². The van der Waals surface area contributed by atoms with Crippen molar-refractivity contribution in [1.29, 1.82) is 0 Å². The normalized spacial score (nSPS) is 10.7. The zero-order valence-electron chi connectivity index (χ0n) is 12.8. The third-order valence-electron chi connectivity index (χ3n) is 3.05. The van der Waals surface area contributed by atoms with Gasteiger partial charge < -0.3 is 14.6 Å². The number of hydrazone groups is 1. The van der Waals surface area contributed by atoms with Crippen LogP contribution >= 0.6 is 34.2 Å². The van der Waals surface area contributed by atoms with E-state index in [0.29, 0.717) is 11.5 Å². The van der Waals surface area contributed by atoms with Gasteiger partial charge in [-0.1, -0.05) is 11.6 Å². The third kappa shape index (κ3) is 4.30. The molecule has 0 bridgehead atoms. The largest absolute Gasteiger partial charge is 0.506 e. The summed E-state index contributed by atoms with van der Waals surface area (Å²) < 4.78 is 11.4. The maximum absolute atomic E-state index is 12.0. The highest BCUT2D eigenvalue weighted by Crippen LogP contribution is 2.33. The molecule has 2 aromatic rings. The van der Waals surface area contributed by atoms with E-state index >= 15 is 0 Å². The maximum Gasteiger partial charge on any atom is 0.271 e. The SMILES string of the molecule is COc1cc(C=NNC(=O)c2ccc(O)c(Cl)c2)cc(I)c1OC. The number of carbonyl (C=O) groups is 1. The van der Waals surface area contributed by atoms with Crippen LogP contribution in [0, 0.1) is 3.57 Å². The Hall–Kier alpha value is -2.00. The van der Waals surface area contributed by atoms with Crippen molar-refractivity contribution in [3.8, 4) is 17.2 Å². The summed E-state index contributed by atoms with van der Waals surface area (Å²) in [5, 5.41) is 13.4. The fraction of sp³-hybridized carbons (Fsp3) is 0.125. The van der Waals surface area contributed by atoms with Crippen LogP contribution < -0.4 is 14.9 Å². The van der Waals surface area contributed by atoms with E-state index in [4.69, 9.17) is 21.1 Å². The fourth-order valence-electron chi connectivity index (χ4n) is 1.89. The first-order valence-corrected chi connectivity index (χ1v) is 8.15. The minimum absolute atomic E-state index is 0.0865. The number of rotatable bonds is 5. The molecule has 0 aliphatic carbocycles. The molecule has 2 rings (SSSR count). The molecular formula is C16H14ClIN2O4. The Labute approximate surface area is 157 Å². The molecule has 126 valence electrons. The maximum atomic E-state index is 12.0. The van der Waals surface area contributed by atoms with Gasteiger partial charge >= 0.3 is 0 Å². The predicted octanol–water partition coefficient (Wildman–Crippen LogP) is 3.43. The molecule has 8 heteroatoms. The summed E-state index contributed by atoms with van der Waals surface area (Å²) in [6.45, 7) is 0. The van der Waals surface area contributed by atoms with E-state index in [2.05, 4.69) is 33.1 Å². The molecule has 6 nitrogen and oxygen atoms in total. The van der Waals surface area contributed by atoms with Crippen LogP contribution in [0.5, 0.6) is 17.2 Å². The van der Waals surface area contributed by atoms with Crippen LogP contribution in [0.15, 0.2) is 35.4 Å². The van der Waals surface area contributed by atoms with Gasteiger partial charge in [0.25, 0.3) is 5.91 Å². The van der Waals surface area contributed by atoms with Crippen LogP contribution in [0.2, 0.25) is 5.02 Å². The number of phenolic OH excluding ortho intramolecular Hbond substituents is 1. The number of methoxy groups -OCH3 is 2. The van der Waals surface area contributed by atoms with Gasteiger partial charge in [0.15, 0.2) is 11.5 Å². The van der Waals surface area contributed by atoms with Crippen LogP contribution in [0.4, 0.5) is 0 Å². The Morgan fingerprint density at radius 1 is 1.29 bits per heavy atom. The second kappa shape index (κ2) is 8.20. The van der Waals surface area contributed by atoms with E-state index < -0.39 is 5.91 Å². The van der Waals surface area contributed by atoms with Gasteiger partial charge in [-0.25, -0.2) is 5.43 Å². The van der Waals surface area contributed by atoms with Gasteiger partial charge in [-0.3, -0.25) is 4.79 Å². The molecular weight excluding hydrogens is 447 g/mol. The lowest BCUT2D eigenvalue weighted by Gasteiger charge is -2.10. The van der Waals surface area contributed by atoms with Crippen molar-refractivity contribution < 1.29 is 19.4 Å². The predicted molar refractivity (Wildman–Crippen MR) is 100 cm³/mol. The molecule has 0 aliphatic rings. The van der Waals surface area contributed by atoms with E-state index in [1.165, 1.54) is 24.4 Å². The summed E-state index contributed by atoms with van der Waals surface area (Å²) in [6.07, 6.45) is 1.49. The van der Waals surface area contributed by atoms with Crippen molar-refractivity contribution in [3.63, 3.8) is 0 Å². The average Bonchev–Trinajstić information content (AvgIpc) is 2.56. The van der Waals surface area contributed by atoms with Crippen LogP contribution in [0.3, 0.4) is 0 Å². The lowest BCUT2D eigenvalue weighted by atomic mass is 10.2. The Kier molecular flexibility index (Phi) is 6.27. The zero-order chi connectivity index (χ0) is 17.7. The van der Waals surface area contributed by atoms with Gasteiger partial charge in [-0.2, -0.15) is 5.10 Å². The number of nitrogens with one attached hydrogen (secondary N) is 1. The molecule has 0 aromatic heterocycles. The Balaban J connectivity index is 2.12. The van der Waals surface area contributed by atoms with E-state index in [1.54, 1.807) is 20.3 Å². The third-order valence-corrected chi connectivity index (χ3v) is 4.15. The quantitative estimate of drug-likeness (QED) is 0.407.